The first-order valence-electron chi connectivity index (χ1n) is 9.24. The Labute approximate surface area is 156 Å². The maximum absolute atomic E-state index is 12.5. The third kappa shape index (κ3) is 10.0. The predicted octanol–water partition coefficient (Wildman–Crippen LogP) is 2.79. The van der Waals surface area contributed by atoms with Gasteiger partial charge >= 0.3 is 6.09 Å². The minimum atomic E-state index is -0.690. The lowest BCUT2D eigenvalue weighted by molar-refractivity contribution is -0.123. The van der Waals surface area contributed by atoms with Crippen LogP contribution in [-0.2, 0) is 16.0 Å². The number of alkyl carbamates (subject to hydrolysis) is 1. The molecule has 26 heavy (non-hydrogen) atoms. The van der Waals surface area contributed by atoms with E-state index in [9.17, 15) is 9.59 Å². The van der Waals surface area contributed by atoms with Gasteiger partial charge in [-0.05, 0) is 39.2 Å². The van der Waals surface area contributed by atoms with Gasteiger partial charge in [-0.25, -0.2) is 4.79 Å². The molecular formula is C20H32N2O4. The Kier molecular flexibility index (Phi) is 9.73. The van der Waals surface area contributed by atoms with E-state index in [1.54, 1.807) is 20.8 Å². The van der Waals surface area contributed by atoms with Gasteiger partial charge < -0.3 is 20.5 Å². The van der Waals surface area contributed by atoms with E-state index in [4.69, 9.17) is 9.84 Å². The molecular weight excluding hydrogens is 332 g/mol. The number of ether oxygens (including phenoxy) is 1. The van der Waals surface area contributed by atoms with Gasteiger partial charge in [-0.2, -0.15) is 0 Å². The first kappa shape index (κ1) is 22.0. The van der Waals surface area contributed by atoms with E-state index in [0.29, 0.717) is 13.0 Å². The molecule has 0 heterocycles. The van der Waals surface area contributed by atoms with Crippen molar-refractivity contribution in [1.82, 2.24) is 10.6 Å². The molecule has 1 rings (SSSR count). The van der Waals surface area contributed by atoms with Gasteiger partial charge in [0.15, 0.2) is 0 Å². The molecule has 1 aromatic rings. The van der Waals surface area contributed by atoms with Crippen molar-refractivity contribution in [2.24, 2.45) is 0 Å². The lowest BCUT2D eigenvalue weighted by Crippen LogP contribution is -2.49. The number of amides is 2. The quantitative estimate of drug-likeness (QED) is 0.557. The monoisotopic (exact) mass is 364 g/mol. The van der Waals surface area contributed by atoms with Gasteiger partial charge in [0.2, 0.25) is 5.91 Å². The summed E-state index contributed by atoms with van der Waals surface area (Å²) >= 11 is 0. The van der Waals surface area contributed by atoms with Crippen molar-refractivity contribution >= 4 is 12.0 Å². The van der Waals surface area contributed by atoms with Gasteiger partial charge in [-0.15, -0.1) is 0 Å². The molecule has 0 spiro atoms. The standard InChI is InChI=1S/C20H32N2O4/c1-20(2,3)26-19(25)22-17(15-16-11-7-6-8-12-16)18(24)21-13-9-4-5-10-14-23/h6-8,11-12,17,23H,4-5,9-10,13-15H2,1-3H3,(H,21,24)(H,22,25)/t17-/m0/s1. The van der Waals surface area contributed by atoms with E-state index >= 15 is 0 Å². The van der Waals surface area contributed by atoms with Crippen molar-refractivity contribution in [3.63, 3.8) is 0 Å². The molecule has 6 heteroatoms. The van der Waals surface area contributed by atoms with Crippen LogP contribution >= 0.6 is 0 Å². The molecule has 1 aromatic carbocycles. The fourth-order valence-electron chi connectivity index (χ4n) is 2.43. The fraction of sp³-hybridized carbons (Fsp3) is 0.600. The van der Waals surface area contributed by atoms with Crippen LogP contribution in [0.25, 0.3) is 0 Å². The van der Waals surface area contributed by atoms with Crippen LogP contribution in [-0.4, -0.2) is 41.9 Å². The first-order valence-corrected chi connectivity index (χ1v) is 9.24. The Hall–Kier alpha value is -2.08. The van der Waals surface area contributed by atoms with Crippen molar-refractivity contribution in [3.8, 4) is 0 Å². The Balaban J connectivity index is 2.58. The summed E-state index contributed by atoms with van der Waals surface area (Å²) in [5.74, 6) is -0.220. The Morgan fingerprint density at radius 2 is 1.73 bits per heavy atom. The van der Waals surface area contributed by atoms with E-state index in [0.717, 1.165) is 31.2 Å². The molecule has 0 aliphatic carbocycles. The zero-order chi connectivity index (χ0) is 19.4. The summed E-state index contributed by atoms with van der Waals surface area (Å²) in [5.41, 5.74) is 0.344. The van der Waals surface area contributed by atoms with Gasteiger partial charge in [0.25, 0.3) is 0 Å². The van der Waals surface area contributed by atoms with Crippen molar-refractivity contribution in [2.75, 3.05) is 13.2 Å². The van der Waals surface area contributed by atoms with Crippen LogP contribution in [0.15, 0.2) is 30.3 Å². The number of carbonyl (C=O) groups is 2. The topological polar surface area (TPSA) is 87.7 Å². The molecule has 1 atom stereocenters. The van der Waals surface area contributed by atoms with Gasteiger partial charge in [-0.3, -0.25) is 4.79 Å². The summed E-state index contributed by atoms with van der Waals surface area (Å²) in [4.78, 5) is 24.6. The summed E-state index contributed by atoms with van der Waals surface area (Å²) in [6.45, 7) is 6.10. The average Bonchev–Trinajstić information content (AvgIpc) is 2.56. The predicted molar refractivity (Wildman–Crippen MR) is 102 cm³/mol. The number of aliphatic hydroxyl groups excluding tert-OH is 1. The normalized spacial score (nSPS) is 12.3. The van der Waals surface area contributed by atoms with Crippen molar-refractivity contribution in [1.29, 1.82) is 0 Å². The average molecular weight is 364 g/mol. The molecule has 0 aliphatic heterocycles. The Morgan fingerprint density at radius 3 is 2.35 bits per heavy atom. The van der Waals surface area contributed by atoms with Crippen LogP contribution in [0.4, 0.5) is 4.79 Å². The molecule has 0 saturated carbocycles. The molecule has 6 nitrogen and oxygen atoms in total. The van der Waals surface area contributed by atoms with Crippen LogP contribution in [0.3, 0.4) is 0 Å². The van der Waals surface area contributed by atoms with Crippen molar-refractivity contribution < 1.29 is 19.4 Å². The number of benzene rings is 1. The molecule has 0 aliphatic rings. The second-order valence-electron chi connectivity index (χ2n) is 7.32. The largest absolute Gasteiger partial charge is 0.444 e. The van der Waals surface area contributed by atoms with E-state index < -0.39 is 17.7 Å². The minimum Gasteiger partial charge on any atom is -0.444 e. The minimum absolute atomic E-state index is 0.200. The van der Waals surface area contributed by atoms with Gasteiger partial charge in [0.1, 0.15) is 11.6 Å². The molecule has 2 amide bonds. The number of unbranched alkanes of at least 4 members (excludes halogenated alkanes) is 3. The van der Waals surface area contributed by atoms with Crippen LogP contribution in [0.1, 0.15) is 52.0 Å². The summed E-state index contributed by atoms with van der Waals surface area (Å²) < 4.78 is 5.27. The van der Waals surface area contributed by atoms with E-state index in [-0.39, 0.29) is 12.5 Å². The number of carbonyl (C=O) groups excluding carboxylic acids is 2. The lowest BCUT2D eigenvalue weighted by Gasteiger charge is -2.23. The summed E-state index contributed by atoms with van der Waals surface area (Å²) in [5, 5.41) is 14.3. The summed E-state index contributed by atoms with van der Waals surface area (Å²) in [6, 6.07) is 8.87. The number of aliphatic hydroxyl groups is 1. The number of rotatable bonds is 10. The van der Waals surface area contributed by atoms with Gasteiger partial charge in [0.05, 0.1) is 0 Å². The molecule has 0 unspecified atom stereocenters. The second kappa shape index (κ2) is 11.5. The highest BCUT2D eigenvalue weighted by atomic mass is 16.6. The SMILES string of the molecule is CC(C)(C)OC(=O)N[C@@H](Cc1ccccc1)C(=O)NCCCCCCO. The zero-order valence-electron chi connectivity index (χ0n) is 16.1. The first-order chi connectivity index (χ1) is 12.3. The summed E-state index contributed by atoms with van der Waals surface area (Å²) in [7, 11) is 0. The fourth-order valence-corrected chi connectivity index (χ4v) is 2.43. The van der Waals surface area contributed by atoms with Crippen LogP contribution < -0.4 is 10.6 Å². The molecule has 0 aromatic heterocycles. The zero-order valence-corrected chi connectivity index (χ0v) is 16.1. The van der Waals surface area contributed by atoms with Crippen molar-refractivity contribution in [2.45, 2.75) is 64.5 Å². The Morgan fingerprint density at radius 1 is 1.08 bits per heavy atom. The third-order valence-electron chi connectivity index (χ3n) is 3.67. The maximum atomic E-state index is 12.5. The summed E-state index contributed by atoms with van der Waals surface area (Å²) in [6.07, 6.45) is 3.31. The van der Waals surface area contributed by atoms with E-state index in [1.807, 2.05) is 30.3 Å². The molecule has 146 valence electrons. The van der Waals surface area contributed by atoms with Crippen LogP contribution in [0.5, 0.6) is 0 Å². The number of nitrogens with one attached hydrogen (secondary N) is 2. The molecule has 0 bridgehead atoms. The maximum Gasteiger partial charge on any atom is 0.408 e. The van der Waals surface area contributed by atoms with E-state index in [2.05, 4.69) is 10.6 Å². The second-order valence-corrected chi connectivity index (χ2v) is 7.32. The number of hydrogen-bond donors (Lipinski definition) is 3. The molecule has 0 saturated heterocycles. The smallest absolute Gasteiger partial charge is 0.408 e. The molecule has 0 radical (unpaired) electrons. The van der Waals surface area contributed by atoms with Crippen LogP contribution in [0.2, 0.25) is 0 Å². The van der Waals surface area contributed by atoms with Gasteiger partial charge in [-0.1, -0.05) is 43.2 Å². The highest BCUT2D eigenvalue weighted by Gasteiger charge is 2.24. The lowest BCUT2D eigenvalue weighted by atomic mass is 10.1. The molecule has 3 N–H and O–H groups in total. The molecule has 0 fully saturated rings. The third-order valence-corrected chi connectivity index (χ3v) is 3.67. The van der Waals surface area contributed by atoms with Crippen LogP contribution in [0, 0.1) is 0 Å². The Bertz CT molecular complexity index is 540. The van der Waals surface area contributed by atoms with Gasteiger partial charge in [0, 0.05) is 19.6 Å². The van der Waals surface area contributed by atoms with E-state index in [1.165, 1.54) is 0 Å². The van der Waals surface area contributed by atoms with Crippen molar-refractivity contribution in [3.05, 3.63) is 35.9 Å². The number of hydrogen-bond acceptors (Lipinski definition) is 4. The highest BCUT2D eigenvalue weighted by Crippen LogP contribution is 2.09. The highest BCUT2D eigenvalue weighted by molar-refractivity contribution is 5.86.